The highest BCUT2D eigenvalue weighted by Crippen LogP contribution is 2.21. The van der Waals surface area contributed by atoms with Crippen LogP contribution in [0.2, 0.25) is 0 Å². The predicted octanol–water partition coefficient (Wildman–Crippen LogP) is -0.424. The van der Waals surface area contributed by atoms with Crippen LogP contribution >= 0.6 is 0 Å². The number of hydrogen-bond donors (Lipinski definition) is 2. The summed E-state index contributed by atoms with van der Waals surface area (Å²) in [5.74, 6) is -1.07. The van der Waals surface area contributed by atoms with Crippen molar-refractivity contribution in [2.24, 2.45) is 0 Å². The van der Waals surface area contributed by atoms with Crippen molar-refractivity contribution in [2.45, 2.75) is 24.9 Å². The molecule has 19 heavy (non-hydrogen) atoms. The van der Waals surface area contributed by atoms with Gasteiger partial charge in [-0.15, -0.1) is 0 Å². The topological polar surface area (TPSA) is 82.1 Å². The van der Waals surface area contributed by atoms with Gasteiger partial charge in [-0.3, -0.25) is 4.90 Å². The quantitative estimate of drug-likeness (QED) is 0.725. The highest BCUT2D eigenvalue weighted by molar-refractivity contribution is 5.82. The first kappa shape index (κ1) is 14.1. The number of rotatable bonds is 4. The summed E-state index contributed by atoms with van der Waals surface area (Å²) in [5.41, 5.74) is 0. The number of piperazine rings is 1. The first-order valence-corrected chi connectivity index (χ1v) is 6.63. The van der Waals surface area contributed by atoms with Gasteiger partial charge in [0.05, 0.1) is 6.61 Å². The van der Waals surface area contributed by atoms with E-state index >= 15 is 0 Å². The molecule has 2 N–H and O–H groups in total. The standard InChI is InChI=1S/C12H21N3O4/c1-19-8-10(11(16)17)13-12(18)15-6-5-14-4-2-3-9(14)7-15/h9-10H,2-8H2,1H3,(H,13,18)(H,16,17). The summed E-state index contributed by atoms with van der Waals surface area (Å²) in [6.45, 7) is 3.30. The molecule has 2 rings (SSSR count). The van der Waals surface area contributed by atoms with Crippen molar-refractivity contribution in [3.63, 3.8) is 0 Å². The van der Waals surface area contributed by atoms with Crippen LogP contribution in [-0.4, -0.2) is 78.9 Å². The molecule has 2 saturated heterocycles. The van der Waals surface area contributed by atoms with Crippen LogP contribution in [0, 0.1) is 0 Å². The zero-order chi connectivity index (χ0) is 13.8. The molecule has 2 aliphatic heterocycles. The number of urea groups is 1. The predicted molar refractivity (Wildman–Crippen MR) is 68.0 cm³/mol. The first-order valence-electron chi connectivity index (χ1n) is 6.63. The molecule has 0 aromatic heterocycles. The van der Waals surface area contributed by atoms with Crippen molar-refractivity contribution in [3.05, 3.63) is 0 Å². The van der Waals surface area contributed by atoms with E-state index in [1.165, 1.54) is 13.5 Å². The Hall–Kier alpha value is -1.34. The maximum atomic E-state index is 12.1. The van der Waals surface area contributed by atoms with Crippen molar-refractivity contribution in [1.29, 1.82) is 0 Å². The van der Waals surface area contributed by atoms with Crippen molar-refractivity contribution >= 4 is 12.0 Å². The molecule has 2 heterocycles. The van der Waals surface area contributed by atoms with Gasteiger partial charge < -0.3 is 20.1 Å². The van der Waals surface area contributed by atoms with Gasteiger partial charge >= 0.3 is 12.0 Å². The normalized spacial score (nSPS) is 24.9. The molecule has 0 aromatic rings. The molecule has 2 atom stereocenters. The maximum Gasteiger partial charge on any atom is 0.328 e. The second-order valence-corrected chi connectivity index (χ2v) is 5.07. The van der Waals surface area contributed by atoms with Gasteiger partial charge in [-0.25, -0.2) is 9.59 Å². The van der Waals surface area contributed by atoms with Gasteiger partial charge in [-0.1, -0.05) is 0 Å². The van der Waals surface area contributed by atoms with Crippen molar-refractivity contribution < 1.29 is 19.4 Å². The number of nitrogens with zero attached hydrogens (tertiary/aromatic N) is 2. The Morgan fingerprint density at radius 2 is 2.21 bits per heavy atom. The number of fused-ring (bicyclic) bond motifs is 1. The van der Waals surface area contributed by atoms with E-state index in [-0.39, 0.29) is 12.6 Å². The summed E-state index contributed by atoms with van der Waals surface area (Å²) >= 11 is 0. The molecule has 0 bridgehead atoms. The molecule has 0 aliphatic carbocycles. The fourth-order valence-electron chi connectivity index (χ4n) is 2.76. The average molecular weight is 271 g/mol. The number of nitrogens with one attached hydrogen (secondary N) is 1. The van der Waals surface area contributed by atoms with E-state index in [1.54, 1.807) is 4.90 Å². The number of ether oxygens (including phenoxy) is 1. The van der Waals surface area contributed by atoms with Crippen LogP contribution in [-0.2, 0) is 9.53 Å². The van der Waals surface area contributed by atoms with Crippen LogP contribution in [0.1, 0.15) is 12.8 Å². The van der Waals surface area contributed by atoms with E-state index in [2.05, 4.69) is 10.2 Å². The van der Waals surface area contributed by atoms with E-state index in [4.69, 9.17) is 9.84 Å². The lowest BCUT2D eigenvalue weighted by atomic mass is 10.1. The third kappa shape index (κ3) is 3.36. The van der Waals surface area contributed by atoms with Crippen molar-refractivity contribution in [2.75, 3.05) is 39.9 Å². The minimum atomic E-state index is -1.07. The summed E-state index contributed by atoms with van der Waals surface area (Å²) in [6, 6.07) is -0.861. The molecule has 108 valence electrons. The van der Waals surface area contributed by atoms with Gasteiger partial charge in [0.1, 0.15) is 0 Å². The molecule has 2 amide bonds. The Labute approximate surface area is 112 Å². The molecule has 2 fully saturated rings. The highest BCUT2D eigenvalue weighted by atomic mass is 16.5. The van der Waals surface area contributed by atoms with Gasteiger partial charge in [0, 0.05) is 32.8 Å². The van der Waals surface area contributed by atoms with E-state index in [0.717, 1.165) is 19.5 Å². The number of methoxy groups -OCH3 is 1. The van der Waals surface area contributed by atoms with Gasteiger partial charge in [0.15, 0.2) is 6.04 Å². The molecular formula is C12H21N3O4. The second kappa shape index (κ2) is 6.21. The summed E-state index contributed by atoms with van der Waals surface area (Å²) in [6.07, 6.45) is 2.30. The molecule has 0 radical (unpaired) electrons. The maximum absolute atomic E-state index is 12.1. The van der Waals surface area contributed by atoms with Crippen LogP contribution in [0.4, 0.5) is 4.79 Å². The molecule has 7 heteroatoms. The van der Waals surface area contributed by atoms with Crippen LogP contribution < -0.4 is 5.32 Å². The van der Waals surface area contributed by atoms with Crippen molar-refractivity contribution in [1.82, 2.24) is 15.1 Å². The lowest BCUT2D eigenvalue weighted by molar-refractivity contribution is -0.140. The minimum absolute atomic E-state index is 0.0233. The third-order valence-electron chi connectivity index (χ3n) is 3.80. The Morgan fingerprint density at radius 1 is 1.42 bits per heavy atom. The molecule has 0 spiro atoms. The zero-order valence-corrected chi connectivity index (χ0v) is 11.2. The monoisotopic (exact) mass is 271 g/mol. The fraction of sp³-hybridized carbons (Fsp3) is 0.833. The largest absolute Gasteiger partial charge is 0.480 e. The number of carbonyl (C=O) groups is 2. The summed E-state index contributed by atoms with van der Waals surface area (Å²) in [5, 5.41) is 11.5. The van der Waals surface area contributed by atoms with Gasteiger partial charge in [0.2, 0.25) is 0 Å². The van der Waals surface area contributed by atoms with Crippen LogP contribution in [0.3, 0.4) is 0 Å². The lowest BCUT2D eigenvalue weighted by Gasteiger charge is -2.37. The molecule has 2 unspecified atom stereocenters. The number of carboxylic acids is 1. The Bertz CT molecular complexity index is 350. The van der Waals surface area contributed by atoms with E-state index in [9.17, 15) is 9.59 Å². The van der Waals surface area contributed by atoms with Crippen LogP contribution in [0.25, 0.3) is 0 Å². The fourth-order valence-corrected chi connectivity index (χ4v) is 2.76. The SMILES string of the molecule is COCC(NC(=O)N1CCN2CCCC2C1)C(=O)O. The summed E-state index contributed by atoms with van der Waals surface area (Å²) in [4.78, 5) is 27.1. The molecule has 0 saturated carbocycles. The van der Waals surface area contributed by atoms with Crippen LogP contribution in [0.15, 0.2) is 0 Å². The Balaban J connectivity index is 1.87. The number of carboxylic acid groups (broad SMARTS) is 1. The highest BCUT2D eigenvalue weighted by Gasteiger charge is 2.33. The number of hydrogen-bond acceptors (Lipinski definition) is 4. The lowest BCUT2D eigenvalue weighted by Crippen LogP contribution is -2.57. The zero-order valence-electron chi connectivity index (χ0n) is 11.2. The molecular weight excluding hydrogens is 250 g/mol. The minimum Gasteiger partial charge on any atom is -0.480 e. The molecule has 2 aliphatic rings. The number of amides is 2. The summed E-state index contributed by atoms with van der Waals surface area (Å²) in [7, 11) is 1.42. The van der Waals surface area contributed by atoms with E-state index in [1.807, 2.05) is 0 Å². The molecule has 7 nitrogen and oxygen atoms in total. The summed E-state index contributed by atoms with van der Waals surface area (Å²) < 4.78 is 4.80. The van der Waals surface area contributed by atoms with E-state index in [0.29, 0.717) is 19.1 Å². The van der Waals surface area contributed by atoms with Gasteiger partial charge in [0.25, 0.3) is 0 Å². The van der Waals surface area contributed by atoms with Crippen molar-refractivity contribution in [3.8, 4) is 0 Å². The third-order valence-corrected chi connectivity index (χ3v) is 3.80. The van der Waals surface area contributed by atoms with Gasteiger partial charge in [-0.2, -0.15) is 0 Å². The average Bonchev–Trinajstić information content (AvgIpc) is 2.85. The molecule has 0 aromatic carbocycles. The smallest absolute Gasteiger partial charge is 0.328 e. The second-order valence-electron chi connectivity index (χ2n) is 5.07. The number of carbonyl (C=O) groups excluding carboxylic acids is 1. The Kier molecular flexibility index (Phi) is 4.60. The number of aliphatic carboxylic acids is 1. The van der Waals surface area contributed by atoms with Gasteiger partial charge in [-0.05, 0) is 19.4 Å². The first-order chi connectivity index (χ1) is 9.11. The van der Waals surface area contributed by atoms with E-state index < -0.39 is 12.0 Å². The van der Waals surface area contributed by atoms with Crippen LogP contribution in [0.5, 0.6) is 0 Å². The Morgan fingerprint density at radius 3 is 2.89 bits per heavy atom.